The van der Waals surface area contributed by atoms with Gasteiger partial charge in [0.15, 0.2) is 0 Å². The Bertz CT molecular complexity index is 459. The lowest BCUT2D eigenvalue weighted by Crippen LogP contribution is -2.04. The number of rotatable bonds is 3. The normalized spacial score (nSPS) is 11.2. The largest absolute Gasteiger partial charge is 0.372 e. The van der Waals surface area contributed by atoms with Gasteiger partial charge in [-0.2, -0.15) is 0 Å². The lowest BCUT2D eigenvalue weighted by atomic mass is 10.1. The quantitative estimate of drug-likeness (QED) is 0.805. The molecule has 0 bridgehead atoms. The van der Waals surface area contributed by atoms with Gasteiger partial charge in [0.25, 0.3) is 0 Å². The molecule has 0 spiro atoms. The van der Waals surface area contributed by atoms with E-state index in [0.717, 1.165) is 29.1 Å². The molecule has 0 aliphatic rings. The molecule has 2 aromatic heterocycles. The molecule has 0 fully saturated rings. The van der Waals surface area contributed by atoms with Crippen LogP contribution in [0, 0.1) is 5.92 Å². The smallest absolute Gasteiger partial charge is 0.143 e. The van der Waals surface area contributed by atoms with Crippen LogP contribution in [0.25, 0.3) is 11.0 Å². The summed E-state index contributed by atoms with van der Waals surface area (Å²) in [6.45, 7) is 4.34. The first-order valence-corrected chi connectivity index (χ1v) is 5.22. The van der Waals surface area contributed by atoms with E-state index in [1.807, 2.05) is 19.3 Å². The molecule has 4 heteroatoms. The van der Waals surface area contributed by atoms with Crippen LogP contribution in [0.4, 0.5) is 5.82 Å². The van der Waals surface area contributed by atoms with Gasteiger partial charge >= 0.3 is 0 Å². The summed E-state index contributed by atoms with van der Waals surface area (Å²) in [5, 5.41) is 4.14. The molecule has 2 N–H and O–H groups in total. The first-order valence-electron chi connectivity index (χ1n) is 5.22. The third-order valence-electron chi connectivity index (χ3n) is 2.29. The Hall–Kier alpha value is -1.58. The molecule has 0 saturated heterocycles. The van der Waals surface area contributed by atoms with E-state index >= 15 is 0 Å². The molecule has 0 saturated carbocycles. The molecule has 2 aromatic rings. The minimum Gasteiger partial charge on any atom is -0.372 e. The number of aromatic nitrogens is 3. The van der Waals surface area contributed by atoms with Crippen molar-refractivity contribution in [1.82, 2.24) is 15.0 Å². The van der Waals surface area contributed by atoms with E-state index in [0.29, 0.717) is 5.92 Å². The Kier molecular flexibility index (Phi) is 2.58. The van der Waals surface area contributed by atoms with Gasteiger partial charge in [0.2, 0.25) is 0 Å². The van der Waals surface area contributed by atoms with Gasteiger partial charge < -0.3 is 10.3 Å². The van der Waals surface area contributed by atoms with E-state index in [4.69, 9.17) is 0 Å². The highest BCUT2D eigenvalue weighted by molar-refractivity contribution is 5.86. The van der Waals surface area contributed by atoms with Gasteiger partial charge in [0.1, 0.15) is 17.3 Å². The minimum absolute atomic E-state index is 0.571. The molecule has 80 valence electrons. The van der Waals surface area contributed by atoms with Gasteiger partial charge in [-0.15, -0.1) is 0 Å². The minimum atomic E-state index is 0.571. The number of fused-ring (bicyclic) bond motifs is 1. The monoisotopic (exact) mass is 204 g/mol. The molecular weight excluding hydrogens is 188 g/mol. The predicted molar refractivity (Wildman–Crippen MR) is 62.0 cm³/mol. The van der Waals surface area contributed by atoms with E-state index in [9.17, 15) is 0 Å². The maximum Gasteiger partial charge on any atom is 0.143 e. The summed E-state index contributed by atoms with van der Waals surface area (Å²) >= 11 is 0. The average Bonchev–Trinajstić information content (AvgIpc) is 2.63. The summed E-state index contributed by atoms with van der Waals surface area (Å²) in [4.78, 5) is 12.1. The van der Waals surface area contributed by atoms with Crippen LogP contribution in [0.1, 0.15) is 19.7 Å². The number of hydrogen-bond acceptors (Lipinski definition) is 3. The van der Waals surface area contributed by atoms with E-state index in [-0.39, 0.29) is 0 Å². The topological polar surface area (TPSA) is 53.6 Å². The van der Waals surface area contributed by atoms with Crippen LogP contribution >= 0.6 is 0 Å². The van der Waals surface area contributed by atoms with Crippen molar-refractivity contribution in [1.29, 1.82) is 0 Å². The predicted octanol–water partition coefficient (Wildman–Crippen LogP) is 2.20. The average molecular weight is 204 g/mol. The number of aromatic amines is 1. The maximum absolute atomic E-state index is 4.49. The zero-order valence-electron chi connectivity index (χ0n) is 9.33. The van der Waals surface area contributed by atoms with Crippen LogP contribution < -0.4 is 5.32 Å². The molecule has 4 nitrogen and oxygen atoms in total. The Morgan fingerprint density at radius 2 is 2.20 bits per heavy atom. The molecule has 0 unspecified atom stereocenters. The van der Waals surface area contributed by atoms with Crippen molar-refractivity contribution in [2.24, 2.45) is 5.92 Å². The molecule has 0 aliphatic carbocycles. The third kappa shape index (κ3) is 1.93. The molecular formula is C11H16N4. The Balaban J connectivity index is 2.49. The number of nitrogens with one attached hydrogen (secondary N) is 2. The molecule has 15 heavy (non-hydrogen) atoms. The third-order valence-corrected chi connectivity index (χ3v) is 2.29. The van der Waals surface area contributed by atoms with Crippen LogP contribution in [0.15, 0.2) is 12.3 Å². The van der Waals surface area contributed by atoms with Crippen molar-refractivity contribution in [3.63, 3.8) is 0 Å². The second-order valence-corrected chi connectivity index (χ2v) is 4.08. The van der Waals surface area contributed by atoms with Crippen molar-refractivity contribution in [3.8, 4) is 0 Å². The van der Waals surface area contributed by atoms with Gasteiger partial charge in [-0.3, -0.25) is 0 Å². The molecule has 2 heterocycles. The highest BCUT2D eigenvalue weighted by atomic mass is 15.0. The van der Waals surface area contributed by atoms with E-state index < -0.39 is 0 Å². The van der Waals surface area contributed by atoms with Crippen molar-refractivity contribution in [2.45, 2.75) is 20.3 Å². The van der Waals surface area contributed by atoms with Crippen molar-refractivity contribution >= 4 is 16.9 Å². The van der Waals surface area contributed by atoms with Crippen LogP contribution in [0.5, 0.6) is 0 Å². The zero-order valence-corrected chi connectivity index (χ0v) is 9.33. The zero-order chi connectivity index (χ0) is 10.8. The van der Waals surface area contributed by atoms with Gasteiger partial charge in [-0.05, 0) is 12.0 Å². The first kappa shape index (κ1) is 9.96. The van der Waals surface area contributed by atoms with Crippen molar-refractivity contribution < 1.29 is 0 Å². The first-order chi connectivity index (χ1) is 7.20. The van der Waals surface area contributed by atoms with E-state index in [1.54, 1.807) is 0 Å². The molecule has 0 amide bonds. The number of nitrogens with zero attached hydrogens (tertiary/aromatic N) is 2. The fourth-order valence-electron chi connectivity index (χ4n) is 1.63. The van der Waals surface area contributed by atoms with E-state index in [1.165, 1.54) is 0 Å². The summed E-state index contributed by atoms with van der Waals surface area (Å²) in [6, 6.07) is 1.99. The highest BCUT2D eigenvalue weighted by Gasteiger charge is 2.08. The standard InChI is InChI=1S/C11H16N4/c1-7(2)6-9-14-10(12-3)8-4-5-13-11(8)15-9/h4-5,7H,6H2,1-3H3,(H2,12,13,14,15). The van der Waals surface area contributed by atoms with Gasteiger partial charge in [0, 0.05) is 19.7 Å². The number of hydrogen-bond donors (Lipinski definition) is 2. The summed E-state index contributed by atoms with van der Waals surface area (Å²) in [5.74, 6) is 2.36. The molecule has 2 rings (SSSR count). The molecule has 0 radical (unpaired) electrons. The molecule has 0 atom stereocenters. The Morgan fingerprint density at radius 1 is 1.40 bits per heavy atom. The SMILES string of the molecule is CNc1nc(CC(C)C)nc2[nH]ccc12. The summed E-state index contributed by atoms with van der Waals surface area (Å²) < 4.78 is 0. The van der Waals surface area contributed by atoms with Gasteiger partial charge in [-0.1, -0.05) is 13.8 Å². The fraction of sp³-hybridized carbons (Fsp3) is 0.455. The van der Waals surface area contributed by atoms with Crippen LogP contribution in [-0.4, -0.2) is 22.0 Å². The van der Waals surface area contributed by atoms with Crippen LogP contribution in [0.3, 0.4) is 0 Å². The highest BCUT2D eigenvalue weighted by Crippen LogP contribution is 2.19. The number of H-pyrrole nitrogens is 1. The summed E-state index contributed by atoms with van der Waals surface area (Å²) in [5.41, 5.74) is 0.907. The Labute approximate surface area is 89.1 Å². The van der Waals surface area contributed by atoms with Gasteiger partial charge in [0.05, 0.1) is 5.39 Å². The van der Waals surface area contributed by atoms with Crippen LogP contribution in [-0.2, 0) is 6.42 Å². The second-order valence-electron chi connectivity index (χ2n) is 4.08. The molecule has 0 aliphatic heterocycles. The van der Waals surface area contributed by atoms with Crippen LogP contribution in [0.2, 0.25) is 0 Å². The fourth-order valence-corrected chi connectivity index (χ4v) is 1.63. The Morgan fingerprint density at radius 3 is 2.87 bits per heavy atom. The van der Waals surface area contributed by atoms with E-state index in [2.05, 4.69) is 34.1 Å². The maximum atomic E-state index is 4.49. The lowest BCUT2D eigenvalue weighted by Gasteiger charge is -2.06. The summed E-state index contributed by atoms with van der Waals surface area (Å²) in [7, 11) is 1.88. The molecule has 0 aromatic carbocycles. The second kappa shape index (κ2) is 3.88. The van der Waals surface area contributed by atoms with Crippen molar-refractivity contribution in [3.05, 3.63) is 18.1 Å². The number of anilines is 1. The van der Waals surface area contributed by atoms with Crippen molar-refractivity contribution in [2.75, 3.05) is 12.4 Å². The lowest BCUT2D eigenvalue weighted by molar-refractivity contribution is 0.623. The summed E-state index contributed by atoms with van der Waals surface area (Å²) in [6.07, 6.45) is 2.79. The van der Waals surface area contributed by atoms with Gasteiger partial charge in [-0.25, -0.2) is 9.97 Å².